The van der Waals surface area contributed by atoms with Crippen molar-refractivity contribution in [3.05, 3.63) is 430 Å². The molecule has 0 spiro atoms. The van der Waals surface area contributed by atoms with Crippen LogP contribution in [0.4, 0.5) is 0 Å². The van der Waals surface area contributed by atoms with E-state index in [1.54, 1.807) is 0 Å². The first-order valence-electron chi connectivity index (χ1n) is 48.2. The molecule has 0 saturated heterocycles. The predicted octanol–water partition coefficient (Wildman–Crippen LogP) is 26.9. The van der Waals surface area contributed by atoms with Gasteiger partial charge in [0.15, 0.2) is 5.65 Å². The monoisotopic (exact) mass is 1780 g/mol. The Balaban J connectivity index is 0.0000000829. The van der Waals surface area contributed by atoms with Crippen LogP contribution in [0.25, 0.3) is 243 Å². The Morgan fingerprint density at radius 2 is 0.414 bits per heavy atom. The molecule has 36 rings (SSSR count). The number of nitrogens with zero attached hydrogens (tertiary/aromatic N) is 16. The summed E-state index contributed by atoms with van der Waals surface area (Å²) in [5, 5.41) is 10.9. The first kappa shape index (κ1) is 75.1. The van der Waals surface area contributed by atoms with E-state index in [0.29, 0.717) is 0 Å². The minimum atomic E-state index is 0.869. The first-order chi connectivity index (χ1) is 69.3. The highest BCUT2D eigenvalue weighted by Gasteiger charge is 2.35. The fourth-order valence-corrected chi connectivity index (χ4v) is 25.5. The molecule has 0 saturated carbocycles. The van der Waals surface area contributed by atoms with E-state index < -0.39 is 0 Å². The lowest BCUT2D eigenvalue weighted by Gasteiger charge is -2.08. The Bertz CT molecular complexity index is 9460. The van der Waals surface area contributed by atoms with Crippen molar-refractivity contribution in [1.29, 1.82) is 0 Å². The molecule has 16 heteroatoms. The second-order valence-corrected chi connectivity index (χ2v) is 38.9. The van der Waals surface area contributed by atoms with Crippen LogP contribution in [0.1, 0.15) is 89.0 Å². The van der Waals surface area contributed by atoms with E-state index in [-0.39, 0.29) is 0 Å². The average molecular weight is 1790 g/mol. The summed E-state index contributed by atoms with van der Waals surface area (Å²) >= 11 is 0. The molecule has 16 nitrogen and oxygen atoms in total. The van der Waals surface area contributed by atoms with E-state index in [0.717, 1.165) is 206 Å². The van der Waals surface area contributed by atoms with Crippen molar-refractivity contribution in [1.82, 2.24) is 77.4 Å². The normalized spacial score (nSPS) is 13.5. The van der Waals surface area contributed by atoms with Crippen molar-refractivity contribution in [2.75, 3.05) is 0 Å². The topological polar surface area (TPSA) is 172 Å². The number of hydrogen-bond donors (Lipinski definition) is 0. The molecule has 16 aromatic heterocycles. The van der Waals surface area contributed by atoms with Gasteiger partial charge in [0.2, 0.25) is 0 Å². The lowest BCUT2D eigenvalue weighted by molar-refractivity contribution is 1.21. The van der Waals surface area contributed by atoms with Crippen LogP contribution >= 0.6 is 0 Å². The molecule has 8 aliphatic carbocycles. The van der Waals surface area contributed by atoms with E-state index in [1.807, 2.05) is 98.4 Å². The van der Waals surface area contributed by atoms with Crippen LogP contribution in [0, 0.1) is 0 Å². The number of aromatic nitrogens is 16. The molecule has 12 aromatic carbocycles. The molecule has 0 amide bonds. The van der Waals surface area contributed by atoms with E-state index in [1.165, 1.54) is 178 Å². The number of benzene rings is 12. The second-order valence-electron chi connectivity index (χ2n) is 38.9. The van der Waals surface area contributed by atoms with E-state index in [4.69, 9.17) is 44.9 Å². The molecule has 0 radical (unpaired) electrons. The summed E-state index contributed by atoms with van der Waals surface area (Å²) in [4.78, 5) is 57.8. The van der Waals surface area contributed by atoms with Gasteiger partial charge in [-0.1, -0.05) is 127 Å². The summed E-state index contributed by atoms with van der Waals surface area (Å²) in [6.45, 7) is 0. The molecular weight excluding hydrogens is 1710 g/mol. The Hall–Kier alpha value is -18.3. The molecule has 0 bridgehead atoms. The Morgan fingerprint density at radius 1 is 0.157 bits per heavy atom. The second kappa shape index (κ2) is 27.7. The minimum Gasteiger partial charge on any atom is -0.276 e. The third-order valence-corrected chi connectivity index (χ3v) is 31.6. The average Bonchev–Trinajstić information content (AvgIpc) is 1.56. The van der Waals surface area contributed by atoms with Crippen molar-refractivity contribution in [3.63, 3.8) is 0 Å². The van der Waals surface area contributed by atoms with Crippen LogP contribution in [-0.4, -0.2) is 77.4 Å². The van der Waals surface area contributed by atoms with E-state index in [9.17, 15) is 0 Å². The maximum absolute atomic E-state index is 5.12. The standard InChI is InChI=1S/4C31H18N4/c1-2-6-21-17(5-1)11-18-12-19-13-20-14-27-28(16-26(20)25(19)15-24(18)21)35-30-22(7-4-10-33-30)29-23(31(35)34-27)8-3-9-32-29;1-2-6-21-17(5-1)11-18-12-19-13-20-14-27-28(16-26(20)25(19)15-24(18)21)35-30-23(8-4-10-33-30)22-7-3-9-32-29(22)31(35)34-27;1-2-5-21-17(4-1)10-18-11-19-12-20-13-28-29(15-26(20)25(19)14-24(18)21)35-30-23(6-3-8-33-30)22-7-9-32-16-27(22)31(35)34-28;1-2-5-21-17(4-1)10-18-11-19-12-20-13-28-29(15-26(20)25(19)14-24(18)21)35-30-22(6-3-8-33-30)27-16-32-9-7-23(27)31(35)34-28/h2*1-10,12,14-16H,11,13H2;2*1-9,11,13-16H,10,12H2. The van der Waals surface area contributed by atoms with Crippen LogP contribution in [0.15, 0.2) is 341 Å². The molecule has 0 N–H and O–H groups in total. The maximum Gasteiger partial charge on any atom is 0.166 e. The van der Waals surface area contributed by atoms with E-state index >= 15 is 0 Å². The smallest absolute Gasteiger partial charge is 0.166 e. The van der Waals surface area contributed by atoms with Crippen LogP contribution in [0.3, 0.4) is 0 Å². The molecule has 0 aliphatic heterocycles. The summed E-state index contributed by atoms with van der Waals surface area (Å²) in [5.74, 6) is 0. The van der Waals surface area contributed by atoms with E-state index in [2.05, 4.69) is 275 Å². The van der Waals surface area contributed by atoms with Crippen molar-refractivity contribution in [2.45, 2.75) is 51.4 Å². The summed E-state index contributed by atoms with van der Waals surface area (Å²) in [7, 11) is 0. The SMILES string of the molecule is c1ccc2c(c1)Cc1cc3c(cc1-2)-c1cc2c(cc1C3)nc1c3cccnc3c3cccnc3n21.c1ccc2c(c1)Cc1cc3c(cc1-2)-c1cc2c(cc1C3)nc1c3ccncc3c3cccnc3n21.c1ccc2c(c1)Cc1cc3c(cc1-2)-c1cc2c(cc1C3)nc1c3cnccc3c3cccnc3n21.c1ccc2c(c1)Cc1cc3c(cc1-2)-c1cc2c(cc1C3)nc1c3ncccc3c3cccnc3n21. The largest absolute Gasteiger partial charge is 0.276 e. The highest BCUT2D eigenvalue weighted by molar-refractivity contribution is 6.17. The third-order valence-electron chi connectivity index (χ3n) is 31.6. The van der Waals surface area contributed by atoms with Crippen molar-refractivity contribution >= 4 is 154 Å². The first-order valence-corrected chi connectivity index (χ1v) is 48.2. The van der Waals surface area contributed by atoms with Gasteiger partial charge in [-0.05, 0) is 386 Å². The van der Waals surface area contributed by atoms with Crippen molar-refractivity contribution < 1.29 is 0 Å². The molecule has 140 heavy (non-hydrogen) atoms. The fraction of sp³-hybridized carbons (Fsp3) is 0.0645. The van der Waals surface area contributed by atoms with Gasteiger partial charge in [0, 0.05) is 110 Å². The fourth-order valence-electron chi connectivity index (χ4n) is 25.5. The number of fused-ring (bicyclic) bond motifs is 56. The zero-order valence-electron chi connectivity index (χ0n) is 75.1. The van der Waals surface area contributed by atoms with Gasteiger partial charge < -0.3 is 0 Å². The maximum atomic E-state index is 5.12. The minimum absolute atomic E-state index is 0.869. The van der Waals surface area contributed by atoms with Gasteiger partial charge in [0.1, 0.15) is 45.0 Å². The van der Waals surface area contributed by atoms with Crippen LogP contribution in [-0.2, 0) is 51.4 Å². The van der Waals surface area contributed by atoms with Gasteiger partial charge in [-0.2, -0.15) is 0 Å². The Kier molecular flexibility index (Phi) is 14.9. The number of rotatable bonds is 0. The van der Waals surface area contributed by atoms with Crippen LogP contribution in [0.2, 0.25) is 0 Å². The summed E-state index contributed by atoms with van der Waals surface area (Å²) < 4.78 is 8.86. The quantitative estimate of drug-likeness (QED) is 0.132. The Morgan fingerprint density at radius 3 is 0.814 bits per heavy atom. The van der Waals surface area contributed by atoms with Gasteiger partial charge >= 0.3 is 0 Å². The highest BCUT2D eigenvalue weighted by atomic mass is 15.1. The van der Waals surface area contributed by atoms with Gasteiger partial charge in [-0.25, -0.2) is 39.9 Å². The van der Waals surface area contributed by atoms with Crippen molar-refractivity contribution in [2.24, 2.45) is 0 Å². The lowest BCUT2D eigenvalue weighted by atomic mass is 9.98. The summed E-state index contributed by atoms with van der Waals surface area (Å²) in [6, 6.07) is 102. The molecule has 0 atom stereocenters. The third kappa shape index (κ3) is 10.5. The molecule has 648 valence electrons. The number of pyridine rings is 12. The highest BCUT2D eigenvalue weighted by Crippen LogP contribution is 2.53. The molecule has 28 aromatic rings. The van der Waals surface area contributed by atoms with Crippen molar-refractivity contribution in [3.8, 4) is 89.0 Å². The predicted molar refractivity (Wildman–Crippen MR) is 559 cm³/mol. The number of imidazole rings is 4. The summed E-state index contributed by atoms with van der Waals surface area (Å²) in [6.07, 6.45) is 26.6. The van der Waals surface area contributed by atoms with Gasteiger partial charge in [0.05, 0.1) is 49.7 Å². The van der Waals surface area contributed by atoms with Gasteiger partial charge in [0.25, 0.3) is 0 Å². The molecule has 0 unspecified atom stereocenters. The molecule has 16 heterocycles. The zero-order valence-corrected chi connectivity index (χ0v) is 75.1. The molecule has 8 aliphatic rings. The van der Waals surface area contributed by atoms with Crippen LogP contribution in [0.5, 0.6) is 0 Å². The number of hydrogen-bond acceptors (Lipinski definition) is 12. The molecule has 0 fully saturated rings. The van der Waals surface area contributed by atoms with Gasteiger partial charge in [-0.15, -0.1) is 0 Å². The van der Waals surface area contributed by atoms with Crippen LogP contribution < -0.4 is 0 Å². The zero-order chi connectivity index (χ0) is 90.7. The van der Waals surface area contributed by atoms with Gasteiger partial charge in [-0.3, -0.25) is 37.5 Å². The lowest BCUT2D eigenvalue weighted by Crippen LogP contribution is -1.95. The summed E-state index contributed by atoms with van der Waals surface area (Å²) in [5.41, 5.74) is 62.0. The molecular formula is C124H72N16. The Labute approximate surface area is 796 Å².